The molecular weight excluding hydrogens is 441 g/mol. The fourth-order valence-corrected chi connectivity index (χ4v) is 4.75. The Morgan fingerprint density at radius 2 is 1.88 bits per heavy atom. The minimum Gasteiger partial charge on any atom is -0.462 e. The number of hydrogen-bond donors (Lipinski definition) is 1. The quantitative estimate of drug-likeness (QED) is 0.544. The van der Waals surface area contributed by atoms with Crippen molar-refractivity contribution in [2.24, 2.45) is 5.92 Å². The first kappa shape index (κ1) is 23.2. The number of nitrogens with one attached hydrogen (secondary N) is 1. The van der Waals surface area contributed by atoms with Gasteiger partial charge in [0, 0.05) is 34.3 Å². The van der Waals surface area contributed by atoms with E-state index in [1.165, 1.54) is 12.1 Å². The number of benzene rings is 2. The third-order valence-corrected chi connectivity index (χ3v) is 6.37. The molecule has 1 heterocycles. The number of hydrogen-bond acceptors (Lipinski definition) is 4. The van der Waals surface area contributed by atoms with E-state index < -0.39 is 17.7 Å². The number of carbonyl (C=O) groups is 2. The van der Waals surface area contributed by atoms with Crippen molar-refractivity contribution in [2.75, 3.05) is 6.61 Å². The van der Waals surface area contributed by atoms with Gasteiger partial charge in [0.2, 0.25) is 0 Å². The third kappa shape index (κ3) is 4.88. The normalized spacial score (nSPS) is 20.6. The van der Waals surface area contributed by atoms with Crippen LogP contribution in [0.25, 0.3) is 0 Å². The minimum atomic E-state index is -0.671. The Hall–Kier alpha value is -2.92. The lowest BCUT2D eigenvalue weighted by molar-refractivity contribution is -0.140. The van der Waals surface area contributed by atoms with Crippen molar-refractivity contribution in [1.29, 1.82) is 0 Å². The fourth-order valence-electron chi connectivity index (χ4n) is 4.62. The van der Waals surface area contributed by atoms with Crippen LogP contribution in [0.2, 0.25) is 5.02 Å². The Labute approximate surface area is 198 Å². The maximum Gasteiger partial charge on any atom is 0.336 e. The van der Waals surface area contributed by atoms with Crippen molar-refractivity contribution in [2.45, 2.75) is 45.4 Å². The van der Waals surface area contributed by atoms with Gasteiger partial charge in [-0.15, -0.1) is 0 Å². The molecule has 1 N–H and O–H groups in total. The summed E-state index contributed by atoms with van der Waals surface area (Å²) >= 11 is 6.03. The van der Waals surface area contributed by atoms with Gasteiger partial charge in [0.1, 0.15) is 5.82 Å². The van der Waals surface area contributed by atoms with Gasteiger partial charge < -0.3 is 10.1 Å². The molecule has 4 nitrogen and oxygen atoms in total. The molecule has 0 unspecified atom stereocenters. The van der Waals surface area contributed by atoms with E-state index in [1.807, 2.05) is 38.1 Å². The van der Waals surface area contributed by atoms with Gasteiger partial charge in [0.05, 0.1) is 12.2 Å². The van der Waals surface area contributed by atoms with Gasteiger partial charge in [-0.2, -0.15) is 0 Å². The first-order valence-electron chi connectivity index (χ1n) is 11.2. The smallest absolute Gasteiger partial charge is 0.336 e. The number of rotatable bonds is 5. The minimum absolute atomic E-state index is 0.00332. The van der Waals surface area contributed by atoms with Crippen LogP contribution < -0.4 is 5.32 Å². The highest BCUT2D eigenvalue weighted by molar-refractivity contribution is 6.30. The summed E-state index contributed by atoms with van der Waals surface area (Å²) in [5, 5.41) is 3.96. The van der Waals surface area contributed by atoms with E-state index in [-0.39, 0.29) is 24.2 Å². The summed E-state index contributed by atoms with van der Waals surface area (Å²) in [5.41, 5.74) is 3.89. The van der Waals surface area contributed by atoms with E-state index in [1.54, 1.807) is 19.1 Å². The van der Waals surface area contributed by atoms with Gasteiger partial charge in [-0.25, -0.2) is 9.18 Å². The standard InChI is InChI=1S/C27H27ClFNO3/c1-15(2)14-33-27(32)24-16(3)30-22-12-19(17-7-9-20(28)10-8-17)13-23(31)26(22)25(24)18-5-4-6-21(29)11-18/h4-11,15,19,25,30H,12-14H2,1-3H3/t19-,25+/m0/s1. The number of allylic oxidation sites excluding steroid dienone is 3. The molecule has 2 aromatic carbocycles. The number of esters is 1. The Morgan fingerprint density at radius 3 is 2.55 bits per heavy atom. The molecule has 4 rings (SSSR count). The van der Waals surface area contributed by atoms with Gasteiger partial charge in [-0.05, 0) is 60.6 Å². The van der Waals surface area contributed by atoms with Crippen molar-refractivity contribution in [1.82, 2.24) is 5.32 Å². The van der Waals surface area contributed by atoms with Crippen LogP contribution in [-0.4, -0.2) is 18.4 Å². The van der Waals surface area contributed by atoms with E-state index in [4.69, 9.17) is 16.3 Å². The van der Waals surface area contributed by atoms with Crippen LogP contribution in [0.4, 0.5) is 4.39 Å². The molecular formula is C27H27ClFNO3. The second kappa shape index (κ2) is 9.52. The SMILES string of the molecule is CC1=C(C(=O)OCC(C)C)[C@@H](c2cccc(F)c2)C2=C(C[C@H](c3ccc(Cl)cc3)CC2=O)N1. The van der Waals surface area contributed by atoms with E-state index >= 15 is 0 Å². The molecule has 6 heteroatoms. The Morgan fingerprint density at radius 1 is 1.15 bits per heavy atom. The predicted molar refractivity (Wildman–Crippen MR) is 126 cm³/mol. The monoisotopic (exact) mass is 467 g/mol. The first-order chi connectivity index (χ1) is 15.7. The molecule has 33 heavy (non-hydrogen) atoms. The zero-order valence-electron chi connectivity index (χ0n) is 19.0. The maximum atomic E-state index is 14.2. The molecule has 0 aromatic heterocycles. The van der Waals surface area contributed by atoms with Crippen molar-refractivity contribution < 1.29 is 18.7 Å². The maximum absolute atomic E-state index is 14.2. The van der Waals surface area contributed by atoms with Crippen LogP contribution in [0.15, 0.2) is 71.1 Å². The second-order valence-corrected chi connectivity index (χ2v) is 9.55. The van der Waals surface area contributed by atoms with Crippen LogP contribution in [0, 0.1) is 11.7 Å². The number of Topliss-reactive ketones (excluding diaryl/α,β-unsaturated/α-hetero) is 1. The zero-order chi connectivity index (χ0) is 23.7. The summed E-state index contributed by atoms with van der Waals surface area (Å²) in [5.74, 6) is -1.46. The van der Waals surface area contributed by atoms with Crippen LogP contribution in [-0.2, 0) is 14.3 Å². The van der Waals surface area contributed by atoms with E-state index in [2.05, 4.69) is 5.32 Å². The van der Waals surface area contributed by atoms with Crippen molar-refractivity contribution >= 4 is 23.4 Å². The van der Waals surface area contributed by atoms with E-state index in [9.17, 15) is 14.0 Å². The van der Waals surface area contributed by atoms with Crippen LogP contribution in [0.5, 0.6) is 0 Å². The summed E-state index contributed by atoms with van der Waals surface area (Å²) < 4.78 is 19.7. The highest BCUT2D eigenvalue weighted by Gasteiger charge is 2.41. The van der Waals surface area contributed by atoms with Crippen molar-refractivity contribution in [3.05, 3.63) is 93.0 Å². The molecule has 2 aliphatic rings. The lowest BCUT2D eigenvalue weighted by Gasteiger charge is -2.36. The van der Waals surface area contributed by atoms with Crippen molar-refractivity contribution in [3.8, 4) is 0 Å². The molecule has 1 aliphatic carbocycles. The van der Waals surface area contributed by atoms with Crippen LogP contribution in [0.3, 0.4) is 0 Å². The lowest BCUT2D eigenvalue weighted by Crippen LogP contribution is -2.36. The van der Waals surface area contributed by atoms with E-state index in [0.717, 1.165) is 11.3 Å². The zero-order valence-corrected chi connectivity index (χ0v) is 19.7. The summed E-state index contributed by atoms with van der Waals surface area (Å²) in [4.78, 5) is 26.6. The van der Waals surface area contributed by atoms with Crippen LogP contribution >= 0.6 is 11.6 Å². The van der Waals surface area contributed by atoms with Gasteiger partial charge in [-0.1, -0.05) is 49.7 Å². The molecule has 172 valence electrons. The highest BCUT2D eigenvalue weighted by atomic mass is 35.5. The Balaban J connectivity index is 1.76. The molecule has 0 saturated heterocycles. The highest BCUT2D eigenvalue weighted by Crippen LogP contribution is 2.45. The molecule has 0 saturated carbocycles. The Kier molecular flexibility index (Phi) is 6.71. The van der Waals surface area contributed by atoms with Gasteiger partial charge in [-0.3, -0.25) is 4.79 Å². The third-order valence-electron chi connectivity index (χ3n) is 6.12. The average Bonchev–Trinajstić information content (AvgIpc) is 2.76. The van der Waals surface area contributed by atoms with Gasteiger partial charge >= 0.3 is 5.97 Å². The van der Waals surface area contributed by atoms with E-state index in [0.29, 0.717) is 40.3 Å². The molecule has 2 atom stereocenters. The number of ether oxygens (including phenoxy) is 1. The summed E-state index contributed by atoms with van der Waals surface area (Å²) in [7, 11) is 0. The summed E-state index contributed by atoms with van der Waals surface area (Å²) in [6, 6.07) is 13.6. The molecule has 0 radical (unpaired) electrons. The second-order valence-electron chi connectivity index (χ2n) is 9.12. The Bertz CT molecular complexity index is 1150. The molecule has 0 bridgehead atoms. The fraction of sp³-hybridized carbons (Fsp3) is 0.333. The summed E-state index contributed by atoms with van der Waals surface area (Å²) in [6.45, 7) is 5.99. The average molecular weight is 468 g/mol. The van der Waals surface area contributed by atoms with Crippen molar-refractivity contribution in [3.63, 3.8) is 0 Å². The summed E-state index contributed by atoms with van der Waals surface area (Å²) in [6.07, 6.45) is 0.918. The largest absolute Gasteiger partial charge is 0.462 e. The molecule has 2 aromatic rings. The topological polar surface area (TPSA) is 55.4 Å². The first-order valence-corrected chi connectivity index (χ1v) is 11.5. The molecule has 1 aliphatic heterocycles. The number of carbonyl (C=O) groups excluding carboxylic acids is 2. The van der Waals surface area contributed by atoms with Gasteiger partial charge in [0.15, 0.2) is 5.78 Å². The number of ketones is 1. The number of dihydropyridines is 1. The predicted octanol–water partition coefficient (Wildman–Crippen LogP) is 6.04. The number of halogens is 2. The lowest BCUT2D eigenvalue weighted by atomic mass is 9.71. The molecule has 0 fully saturated rings. The van der Waals surface area contributed by atoms with Crippen LogP contribution in [0.1, 0.15) is 56.6 Å². The molecule has 0 spiro atoms. The van der Waals surface area contributed by atoms with Gasteiger partial charge in [0.25, 0.3) is 0 Å². The molecule has 0 amide bonds.